The summed E-state index contributed by atoms with van der Waals surface area (Å²) in [5, 5.41) is 24.6. The third-order valence-corrected chi connectivity index (χ3v) is 4.34. The molecule has 0 aliphatic heterocycles. The van der Waals surface area contributed by atoms with Crippen LogP contribution in [0.1, 0.15) is 37.5 Å². The molecule has 3 rings (SSSR count). The van der Waals surface area contributed by atoms with Crippen LogP contribution in [0.15, 0.2) is 47.4 Å². The predicted molar refractivity (Wildman–Crippen MR) is 97.9 cm³/mol. The van der Waals surface area contributed by atoms with Crippen LogP contribution in [-0.2, 0) is 18.6 Å². The Kier molecular flexibility index (Phi) is 4.45. The first-order chi connectivity index (χ1) is 11.8. The topological polar surface area (TPSA) is 75.3 Å². The minimum absolute atomic E-state index is 0.0948. The van der Waals surface area contributed by atoms with Crippen LogP contribution in [-0.4, -0.2) is 20.0 Å². The summed E-state index contributed by atoms with van der Waals surface area (Å²) in [7, 11) is 0. The number of nitrogens with zero attached hydrogens (tertiary/aromatic N) is 2. The molecule has 2 aromatic carbocycles. The van der Waals surface area contributed by atoms with E-state index in [4.69, 9.17) is 0 Å². The Morgan fingerprint density at radius 2 is 1.84 bits per heavy atom. The highest BCUT2D eigenvalue weighted by atomic mass is 16.3. The number of fused-ring (bicyclic) bond motifs is 1. The molecule has 0 atom stereocenters. The minimum Gasteiger partial charge on any atom is -0.392 e. The van der Waals surface area contributed by atoms with Gasteiger partial charge >= 0.3 is 0 Å². The van der Waals surface area contributed by atoms with Gasteiger partial charge in [-0.2, -0.15) is 9.78 Å². The Labute approximate surface area is 146 Å². The Morgan fingerprint density at radius 3 is 2.48 bits per heavy atom. The van der Waals surface area contributed by atoms with E-state index in [1.807, 2.05) is 12.1 Å². The van der Waals surface area contributed by atoms with E-state index in [0.717, 1.165) is 10.9 Å². The summed E-state index contributed by atoms with van der Waals surface area (Å²) < 4.78 is 1.30. The van der Waals surface area contributed by atoms with Crippen molar-refractivity contribution in [1.82, 2.24) is 9.78 Å². The zero-order valence-corrected chi connectivity index (χ0v) is 14.7. The normalized spacial score (nSPS) is 11.9. The van der Waals surface area contributed by atoms with Gasteiger partial charge in [-0.25, -0.2) is 0 Å². The minimum atomic E-state index is -0.280. The highest BCUT2D eigenvalue weighted by Crippen LogP contribution is 2.27. The average Bonchev–Trinajstić information content (AvgIpc) is 2.60. The van der Waals surface area contributed by atoms with Gasteiger partial charge in [-0.1, -0.05) is 39.0 Å². The molecule has 0 spiro atoms. The maximum atomic E-state index is 13.0. The monoisotopic (exact) mass is 338 g/mol. The first-order valence-corrected chi connectivity index (χ1v) is 8.21. The molecule has 0 aliphatic carbocycles. The third kappa shape index (κ3) is 3.21. The second-order valence-electron chi connectivity index (χ2n) is 7.20. The largest absolute Gasteiger partial charge is 0.392 e. The molecule has 3 aromatic rings. The highest BCUT2D eigenvalue weighted by molar-refractivity contribution is 5.85. The van der Waals surface area contributed by atoms with Gasteiger partial charge < -0.3 is 10.2 Å². The van der Waals surface area contributed by atoms with Crippen LogP contribution in [0.3, 0.4) is 0 Å². The molecule has 1 heterocycles. The van der Waals surface area contributed by atoms with Crippen LogP contribution in [0.2, 0.25) is 0 Å². The smallest absolute Gasteiger partial charge is 0.279 e. The Morgan fingerprint density at radius 1 is 1.08 bits per heavy atom. The molecule has 0 radical (unpaired) electrons. The van der Waals surface area contributed by atoms with Gasteiger partial charge in [0.2, 0.25) is 0 Å². The molecule has 0 bridgehead atoms. The number of aromatic nitrogens is 2. The third-order valence-electron chi connectivity index (χ3n) is 4.34. The van der Waals surface area contributed by atoms with Crippen molar-refractivity contribution in [3.63, 3.8) is 0 Å². The summed E-state index contributed by atoms with van der Waals surface area (Å²) in [5.74, 6) is 0. The summed E-state index contributed by atoms with van der Waals surface area (Å²) in [6, 6.07) is 10.9. The van der Waals surface area contributed by atoms with E-state index in [1.165, 1.54) is 4.68 Å². The zero-order valence-electron chi connectivity index (χ0n) is 14.7. The summed E-state index contributed by atoms with van der Waals surface area (Å²) in [5.41, 5.74) is 2.56. The fourth-order valence-corrected chi connectivity index (χ4v) is 2.90. The average molecular weight is 338 g/mol. The van der Waals surface area contributed by atoms with Crippen molar-refractivity contribution in [2.75, 3.05) is 0 Å². The van der Waals surface area contributed by atoms with Crippen molar-refractivity contribution in [3.8, 4) is 5.69 Å². The van der Waals surface area contributed by atoms with Crippen LogP contribution in [0.4, 0.5) is 0 Å². The molecule has 2 N–H and O–H groups in total. The molecule has 0 saturated carbocycles. The first kappa shape index (κ1) is 17.3. The first-order valence-electron chi connectivity index (χ1n) is 8.21. The van der Waals surface area contributed by atoms with E-state index in [2.05, 4.69) is 25.9 Å². The summed E-state index contributed by atoms with van der Waals surface area (Å²) in [6.45, 7) is 5.95. The van der Waals surface area contributed by atoms with Crippen molar-refractivity contribution in [3.05, 3.63) is 69.6 Å². The molecule has 130 valence electrons. The van der Waals surface area contributed by atoms with Crippen molar-refractivity contribution < 1.29 is 10.2 Å². The van der Waals surface area contributed by atoms with Crippen molar-refractivity contribution in [2.24, 2.45) is 0 Å². The SMILES string of the molecule is CC(C)(C)c1cc(CO)c2c(=O)n(-c3cccc(CO)c3)ncc2c1. The van der Waals surface area contributed by atoms with Crippen LogP contribution < -0.4 is 5.56 Å². The fourth-order valence-electron chi connectivity index (χ4n) is 2.90. The van der Waals surface area contributed by atoms with Crippen LogP contribution in [0.5, 0.6) is 0 Å². The maximum absolute atomic E-state index is 13.0. The second kappa shape index (κ2) is 6.43. The van der Waals surface area contributed by atoms with Crippen molar-refractivity contribution in [2.45, 2.75) is 39.4 Å². The molecule has 0 aliphatic rings. The lowest BCUT2D eigenvalue weighted by atomic mass is 9.85. The number of aliphatic hydroxyl groups is 2. The number of hydrogen-bond donors (Lipinski definition) is 2. The number of rotatable bonds is 3. The lowest BCUT2D eigenvalue weighted by molar-refractivity contribution is 0.282. The molecule has 25 heavy (non-hydrogen) atoms. The van der Waals surface area contributed by atoms with E-state index >= 15 is 0 Å². The van der Waals surface area contributed by atoms with E-state index in [9.17, 15) is 15.0 Å². The van der Waals surface area contributed by atoms with Gasteiger partial charge in [0.15, 0.2) is 0 Å². The van der Waals surface area contributed by atoms with E-state index in [-0.39, 0.29) is 24.2 Å². The van der Waals surface area contributed by atoms with Crippen LogP contribution in [0, 0.1) is 0 Å². The Bertz CT molecular complexity index is 984. The number of aliphatic hydroxyl groups excluding tert-OH is 2. The van der Waals surface area contributed by atoms with Gasteiger partial charge in [0.1, 0.15) is 0 Å². The van der Waals surface area contributed by atoms with Crippen LogP contribution in [0.25, 0.3) is 16.5 Å². The molecule has 0 saturated heterocycles. The molecule has 0 unspecified atom stereocenters. The van der Waals surface area contributed by atoms with E-state index in [1.54, 1.807) is 30.5 Å². The van der Waals surface area contributed by atoms with Gasteiger partial charge in [-0.3, -0.25) is 4.79 Å². The van der Waals surface area contributed by atoms with Gasteiger partial charge in [0.05, 0.1) is 30.5 Å². The molecule has 5 heteroatoms. The molecular weight excluding hydrogens is 316 g/mol. The number of hydrogen-bond acceptors (Lipinski definition) is 4. The lowest BCUT2D eigenvalue weighted by Crippen LogP contribution is -2.23. The van der Waals surface area contributed by atoms with E-state index < -0.39 is 0 Å². The highest BCUT2D eigenvalue weighted by Gasteiger charge is 2.18. The van der Waals surface area contributed by atoms with Gasteiger partial charge in [0, 0.05) is 5.39 Å². The zero-order chi connectivity index (χ0) is 18.2. The van der Waals surface area contributed by atoms with Crippen LogP contribution >= 0.6 is 0 Å². The van der Waals surface area contributed by atoms with E-state index in [0.29, 0.717) is 22.2 Å². The summed E-state index contributed by atoms with van der Waals surface area (Å²) in [4.78, 5) is 13.0. The van der Waals surface area contributed by atoms with Gasteiger partial charge in [0.25, 0.3) is 5.56 Å². The quantitative estimate of drug-likeness (QED) is 0.770. The molecule has 0 amide bonds. The molecule has 0 fully saturated rings. The number of benzene rings is 2. The molecule has 1 aromatic heterocycles. The fraction of sp³-hybridized carbons (Fsp3) is 0.300. The van der Waals surface area contributed by atoms with Gasteiger partial charge in [-0.15, -0.1) is 0 Å². The maximum Gasteiger partial charge on any atom is 0.279 e. The summed E-state index contributed by atoms with van der Waals surface area (Å²) >= 11 is 0. The predicted octanol–water partition coefficient (Wildman–Crippen LogP) is 2.67. The second-order valence-corrected chi connectivity index (χ2v) is 7.20. The standard InChI is InChI=1S/C20H22N2O3/c1-20(2,3)16-8-14-10-21-22(17-6-4-5-13(7-17)11-23)19(25)18(14)15(9-16)12-24/h4-10,23-24H,11-12H2,1-3H3. The lowest BCUT2D eigenvalue weighted by Gasteiger charge is -2.21. The van der Waals surface area contributed by atoms with Crippen molar-refractivity contribution >= 4 is 10.8 Å². The van der Waals surface area contributed by atoms with Gasteiger partial charge in [-0.05, 0) is 40.3 Å². The van der Waals surface area contributed by atoms with Crippen molar-refractivity contribution in [1.29, 1.82) is 0 Å². The summed E-state index contributed by atoms with van der Waals surface area (Å²) in [6.07, 6.45) is 1.65. The molecular formula is C20H22N2O3. The Hall–Kier alpha value is -2.50. The molecule has 5 nitrogen and oxygen atoms in total. The Balaban J connectivity index is 2.28.